The highest BCUT2D eigenvalue weighted by Gasteiger charge is 2.23. The van der Waals surface area contributed by atoms with Crippen LogP contribution in [0.25, 0.3) is 21.9 Å². The summed E-state index contributed by atoms with van der Waals surface area (Å²) in [5.41, 5.74) is 0.737. The number of benzene rings is 3. The van der Waals surface area contributed by atoms with Crippen LogP contribution >= 0.6 is 0 Å². The number of nitrogens with zero attached hydrogens (tertiary/aromatic N) is 3. The van der Waals surface area contributed by atoms with Crippen LogP contribution in [0.15, 0.2) is 54.6 Å². The van der Waals surface area contributed by atoms with Gasteiger partial charge in [-0.25, -0.2) is 5.84 Å². The Morgan fingerprint density at radius 3 is 2.24 bits per heavy atom. The number of hydrogen-bond acceptors (Lipinski definition) is 6. The molecule has 3 aromatic carbocycles. The fourth-order valence-corrected chi connectivity index (χ4v) is 2.86. The lowest BCUT2D eigenvalue weighted by atomic mass is 9.96. The molecule has 2 N–H and O–H groups in total. The predicted octanol–water partition coefficient (Wildman–Crippen LogP) is 3.63. The first-order valence-electron chi connectivity index (χ1n) is 7.33. The molecule has 0 unspecified atom stereocenters. The number of hydrogen-bond donors (Lipinski definition) is 1. The molecule has 3 aromatic rings. The van der Waals surface area contributed by atoms with Gasteiger partial charge in [0.1, 0.15) is 0 Å². The van der Waals surface area contributed by atoms with E-state index in [2.05, 4.69) is 0 Å². The van der Waals surface area contributed by atoms with Crippen molar-refractivity contribution in [2.45, 2.75) is 0 Å². The minimum atomic E-state index is -0.660. The van der Waals surface area contributed by atoms with Gasteiger partial charge in [0, 0.05) is 24.1 Å². The molecule has 0 saturated heterocycles. The third kappa shape index (κ3) is 2.86. The molecule has 0 aliphatic rings. The van der Waals surface area contributed by atoms with Gasteiger partial charge in [-0.1, -0.05) is 36.4 Å². The van der Waals surface area contributed by atoms with Gasteiger partial charge in [-0.05, 0) is 11.5 Å². The SMILES string of the molecule is CN(N)c1c(-c2ccc([N+](=O)[O-])cc2[N+](=O)[O-])ccc2ccccc12. The van der Waals surface area contributed by atoms with Gasteiger partial charge in [0.25, 0.3) is 11.4 Å². The van der Waals surface area contributed by atoms with Crippen molar-refractivity contribution in [3.8, 4) is 11.1 Å². The van der Waals surface area contributed by atoms with E-state index in [-0.39, 0.29) is 16.9 Å². The average Bonchev–Trinajstić information content (AvgIpc) is 2.59. The molecule has 0 amide bonds. The Morgan fingerprint density at radius 2 is 1.60 bits per heavy atom. The number of non-ortho nitro benzene ring substituents is 1. The summed E-state index contributed by atoms with van der Waals surface area (Å²) in [5, 5.41) is 25.5. The molecule has 25 heavy (non-hydrogen) atoms. The van der Waals surface area contributed by atoms with Crippen LogP contribution in [0, 0.1) is 20.2 Å². The first kappa shape index (κ1) is 16.3. The summed E-state index contributed by atoms with van der Waals surface area (Å²) in [6.45, 7) is 0. The molecule has 0 atom stereocenters. The second kappa shape index (κ2) is 6.17. The number of fused-ring (bicyclic) bond motifs is 1. The van der Waals surface area contributed by atoms with E-state index in [0.717, 1.165) is 16.8 Å². The smallest absolute Gasteiger partial charge is 0.284 e. The van der Waals surface area contributed by atoms with Crippen LogP contribution in [0.5, 0.6) is 0 Å². The molecular weight excluding hydrogens is 324 g/mol. The van der Waals surface area contributed by atoms with E-state index in [9.17, 15) is 20.2 Å². The van der Waals surface area contributed by atoms with Gasteiger partial charge in [-0.2, -0.15) is 0 Å². The molecule has 0 radical (unpaired) electrons. The Balaban J connectivity index is 2.35. The summed E-state index contributed by atoms with van der Waals surface area (Å²) < 4.78 is 0. The molecular formula is C17H14N4O4. The molecule has 126 valence electrons. The number of rotatable bonds is 4. The van der Waals surface area contributed by atoms with Crippen LogP contribution in [-0.4, -0.2) is 16.9 Å². The summed E-state index contributed by atoms with van der Waals surface area (Å²) in [6.07, 6.45) is 0. The molecule has 0 fully saturated rings. The number of hydrazine groups is 1. The van der Waals surface area contributed by atoms with E-state index >= 15 is 0 Å². The monoisotopic (exact) mass is 338 g/mol. The van der Waals surface area contributed by atoms with Crippen molar-refractivity contribution in [1.82, 2.24) is 0 Å². The summed E-state index contributed by atoms with van der Waals surface area (Å²) in [7, 11) is 1.64. The molecule has 0 spiro atoms. The second-order valence-electron chi connectivity index (χ2n) is 5.51. The molecule has 8 heteroatoms. The third-order valence-electron chi connectivity index (χ3n) is 3.93. The molecule has 0 saturated carbocycles. The van der Waals surface area contributed by atoms with E-state index < -0.39 is 9.85 Å². The number of nitrogens with two attached hydrogens (primary N) is 1. The quantitative estimate of drug-likeness (QED) is 0.441. The fraction of sp³-hybridized carbons (Fsp3) is 0.0588. The van der Waals surface area contributed by atoms with Gasteiger partial charge in [0.05, 0.1) is 27.2 Å². The lowest BCUT2D eigenvalue weighted by Crippen LogP contribution is -2.26. The van der Waals surface area contributed by atoms with Crippen LogP contribution in [0.2, 0.25) is 0 Å². The van der Waals surface area contributed by atoms with Crippen LogP contribution in [-0.2, 0) is 0 Å². The van der Waals surface area contributed by atoms with Crippen molar-refractivity contribution in [3.05, 3.63) is 74.8 Å². The lowest BCUT2D eigenvalue weighted by molar-refractivity contribution is -0.393. The fourth-order valence-electron chi connectivity index (χ4n) is 2.86. The van der Waals surface area contributed by atoms with Gasteiger partial charge in [-0.15, -0.1) is 0 Å². The predicted molar refractivity (Wildman–Crippen MR) is 95.3 cm³/mol. The summed E-state index contributed by atoms with van der Waals surface area (Å²) in [5.74, 6) is 5.98. The van der Waals surface area contributed by atoms with Crippen LogP contribution < -0.4 is 10.9 Å². The van der Waals surface area contributed by atoms with Gasteiger partial charge in [-0.3, -0.25) is 20.2 Å². The van der Waals surface area contributed by atoms with E-state index in [1.54, 1.807) is 13.1 Å². The molecule has 0 bridgehead atoms. The highest BCUT2D eigenvalue weighted by molar-refractivity contribution is 6.03. The van der Waals surface area contributed by atoms with E-state index in [0.29, 0.717) is 11.3 Å². The zero-order valence-corrected chi connectivity index (χ0v) is 13.2. The normalized spacial score (nSPS) is 10.6. The highest BCUT2D eigenvalue weighted by atomic mass is 16.6. The average molecular weight is 338 g/mol. The Morgan fingerprint density at radius 1 is 0.920 bits per heavy atom. The number of nitro groups is 2. The zero-order valence-electron chi connectivity index (χ0n) is 13.2. The van der Waals surface area contributed by atoms with Gasteiger partial charge in [0.2, 0.25) is 0 Å². The van der Waals surface area contributed by atoms with Crippen LogP contribution in [0.1, 0.15) is 0 Å². The zero-order chi connectivity index (χ0) is 18.1. The van der Waals surface area contributed by atoms with E-state index in [4.69, 9.17) is 5.84 Å². The highest BCUT2D eigenvalue weighted by Crippen LogP contribution is 2.41. The minimum Gasteiger partial charge on any atom is -0.313 e. The van der Waals surface area contributed by atoms with Crippen molar-refractivity contribution in [2.24, 2.45) is 5.84 Å². The van der Waals surface area contributed by atoms with Gasteiger partial charge in [0.15, 0.2) is 0 Å². The first-order valence-corrected chi connectivity index (χ1v) is 7.33. The summed E-state index contributed by atoms with van der Waals surface area (Å²) in [4.78, 5) is 21.1. The first-order chi connectivity index (χ1) is 11.9. The standard InChI is InChI=1S/C17H14N4O4/c1-19(18)17-13-5-3-2-4-11(13)6-8-15(17)14-9-7-12(20(22)23)10-16(14)21(24)25/h2-10H,18H2,1H3. The largest absolute Gasteiger partial charge is 0.313 e. The third-order valence-corrected chi connectivity index (χ3v) is 3.93. The lowest BCUT2D eigenvalue weighted by Gasteiger charge is -2.20. The minimum absolute atomic E-state index is 0.272. The molecule has 0 heterocycles. The van der Waals surface area contributed by atoms with Crippen LogP contribution in [0.3, 0.4) is 0 Å². The Hall–Kier alpha value is -3.52. The van der Waals surface area contributed by atoms with E-state index in [1.807, 2.05) is 30.3 Å². The van der Waals surface area contributed by atoms with Crippen molar-refractivity contribution in [1.29, 1.82) is 0 Å². The van der Waals surface area contributed by atoms with Crippen molar-refractivity contribution in [3.63, 3.8) is 0 Å². The van der Waals surface area contributed by atoms with Crippen molar-refractivity contribution in [2.75, 3.05) is 12.1 Å². The second-order valence-corrected chi connectivity index (χ2v) is 5.51. The Kier molecular flexibility index (Phi) is 4.04. The number of anilines is 1. The molecule has 8 nitrogen and oxygen atoms in total. The topological polar surface area (TPSA) is 116 Å². The molecule has 0 aliphatic heterocycles. The van der Waals surface area contributed by atoms with Gasteiger partial charge < -0.3 is 5.01 Å². The molecule has 0 aromatic heterocycles. The maximum atomic E-state index is 11.5. The summed E-state index contributed by atoms with van der Waals surface area (Å²) in [6, 6.07) is 14.7. The van der Waals surface area contributed by atoms with Crippen molar-refractivity contribution >= 4 is 27.8 Å². The van der Waals surface area contributed by atoms with E-state index in [1.165, 1.54) is 17.1 Å². The molecule has 3 rings (SSSR count). The van der Waals surface area contributed by atoms with Gasteiger partial charge >= 0.3 is 0 Å². The Labute approximate surface area is 142 Å². The molecule has 0 aliphatic carbocycles. The Bertz CT molecular complexity index is 1000. The maximum absolute atomic E-state index is 11.5. The number of nitro benzene ring substituents is 2. The maximum Gasteiger partial charge on any atom is 0.284 e. The summed E-state index contributed by atoms with van der Waals surface area (Å²) >= 11 is 0. The van der Waals surface area contributed by atoms with Crippen LogP contribution in [0.4, 0.5) is 17.1 Å². The van der Waals surface area contributed by atoms with Crippen molar-refractivity contribution < 1.29 is 9.85 Å².